The molecule has 12 nitrogen and oxygen atoms in total. The van der Waals surface area contributed by atoms with Gasteiger partial charge >= 0.3 is 12.4 Å². The van der Waals surface area contributed by atoms with Crippen LogP contribution in [0.3, 0.4) is 0 Å². The Morgan fingerprint density at radius 1 is 0.590 bits per heavy atom. The molecule has 78 heavy (non-hydrogen) atoms. The minimum atomic E-state index is -4.87. The zero-order valence-corrected chi connectivity index (χ0v) is 43.3. The highest BCUT2D eigenvalue weighted by molar-refractivity contribution is 6.31. The first-order valence-corrected chi connectivity index (χ1v) is 25.9. The largest absolute Gasteiger partial charge is 0.419 e. The molecule has 402 valence electrons. The number of carbonyl (C=O) groups is 2. The van der Waals surface area contributed by atoms with Crippen LogP contribution in [-0.4, -0.2) is 61.6 Å². The molecule has 0 aliphatic carbocycles. The molecule has 2 fully saturated rings. The zero-order valence-electron chi connectivity index (χ0n) is 41.8. The Morgan fingerprint density at radius 2 is 1.04 bits per heavy atom. The molecule has 0 radical (unpaired) electrons. The molecule has 0 spiro atoms. The van der Waals surface area contributed by atoms with Crippen molar-refractivity contribution in [3.8, 4) is 22.9 Å². The highest BCUT2D eigenvalue weighted by Crippen LogP contribution is 2.41. The van der Waals surface area contributed by atoms with Gasteiger partial charge in [0.25, 0.3) is 11.8 Å². The summed E-state index contributed by atoms with van der Waals surface area (Å²) < 4.78 is 101. The van der Waals surface area contributed by atoms with Gasteiger partial charge in [0.2, 0.25) is 23.6 Å². The first kappa shape index (κ1) is 54.0. The van der Waals surface area contributed by atoms with E-state index in [9.17, 15) is 35.9 Å². The number of nitrogens with two attached hydrogens (primary N) is 1. The fourth-order valence-electron chi connectivity index (χ4n) is 10.4. The normalized spacial score (nSPS) is 17.5. The molecule has 4 heterocycles. The Labute approximate surface area is 454 Å². The summed E-state index contributed by atoms with van der Waals surface area (Å²) >= 11 is 12.6. The number of likely N-dealkylation sites (tertiary alicyclic amines) is 2. The molecule has 2 saturated heterocycles. The number of halogens is 8. The van der Waals surface area contributed by atoms with Gasteiger partial charge < -0.3 is 29.7 Å². The first-order valence-electron chi connectivity index (χ1n) is 25.1. The van der Waals surface area contributed by atoms with Crippen molar-refractivity contribution in [1.82, 2.24) is 35.5 Å². The summed E-state index contributed by atoms with van der Waals surface area (Å²) in [4.78, 5) is 31.5. The number of nitrogens with zero attached hydrogens (tertiary/aromatic N) is 6. The van der Waals surface area contributed by atoms with Crippen LogP contribution in [0.4, 0.5) is 26.3 Å². The predicted octanol–water partition coefficient (Wildman–Crippen LogP) is 13.2. The van der Waals surface area contributed by atoms with Gasteiger partial charge in [0.1, 0.15) is 5.54 Å². The van der Waals surface area contributed by atoms with Gasteiger partial charge in [-0.15, -0.1) is 20.4 Å². The van der Waals surface area contributed by atoms with E-state index in [0.29, 0.717) is 48.8 Å². The van der Waals surface area contributed by atoms with Gasteiger partial charge in [0, 0.05) is 58.4 Å². The van der Waals surface area contributed by atoms with E-state index in [1.54, 1.807) is 55.5 Å². The van der Waals surface area contributed by atoms with E-state index < -0.39 is 58.5 Å². The monoisotopic (exact) mass is 1110 g/mol. The Hall–Kier alpha value is -7.38. The van der Waals surface area contributed by atoms with Gasteiger partial charge in [-0.3, -0.25) is 9.59 Å². The number of rotatable bonds is 15. The average molecular weight is 1110 g/mol. The molecule has 2 aromatic heterocycles. The highest BCUT2D eigenvalue weighted by atomic mass is 35.5. The van der Waals surface area contributed by atoms with E-state index in [0.717, 1.165) is 46.5 Å². The number of hydrogen-bond acceptors (Lipinski definition) is 10. The summed E-state index contributed by atoms with van der Waals surface area (Å²) in [6, 6.07) is 37.3. The third kappa shape index (κ3) is 11.7. The number of amides is 2. The van der Waals surface area contributed by atoms with Crippen LogP contribution in [0.15, 0.2) is 154 Å². The van der Waals surface area contributed by atoms with E-state index in [2.05, 4.69) is 25.7 Å². The quantitative estimate of drug-likeness (QED) is 0.0947. The molecule has 10 rings (SSSR count). The number of hydrogen-bond donors (Lipinski definition) is 2. The summed E-state index contributed by atoms with van der Waals surface area (Å²) in [6.07, 6.45) is -7.10. The highest BCUT2D eigenvalue weighted by Gasteiger charge is 2.42. The topological polar surface area (TPSA) is 157 Å². The van der Waals surface area contributed by atoms with Crippen molar-refractivity contribution in [1.29, 1.82) is 0 Å². The summed E-state index contributed by atoms with van der Waals surface area (Å²) in [5.74, 6) is -2.11. The molecular weight excluding hydrogens is 1060 g/mol. The molecule has 3 unspecified atom stereocenters. The molecule has 2 aliphatic rings. The van der Waals surface area contributed by atoms with Crippen LogP contribution in [0.2, 0.25) is 10.0 Å². The summed E-state index contributed by atoms with van der Waals surface area (Å²) in [6.45, 7) is 2.17. The van der Waals surface area contributed by atoms with Crippen LogP contribution in [0.25, 0.3) is 22.9 Å². The van der Waals surface area contributed by atoms with E-state index in [-0.39, 0.29) is 65.2 Å². The van der Waals surface area contributed by atoms with Crippen LogP contribution >= 0.6 is 23.2 Å². The maximum Gasteiger partial charge on any atom is 0.416 e. The molecular formula is C58H50Cl2F6N8O4. The lowest BCUT2D eigenvalue weighted by Gasteiger charge is -2.33. The Morgan fingerprint density at radius 3 is 1.50 bits per heavy atom. The molecule has 20 heteroatoms. The van der Waals surface area contributed by atoms with Gasteiger partial charge in [-0.2, -0.15) is 26.3 Å². The van der Waals surface area contributed by atoms with E-state index in [1.807, 2.05) is 60.7 Å². The number of alkyl halides is 6. The van der Waals surface area contributed by atoms with Crippen molar-refractivity contribution >= 4 is 35.0 Å². The fraction of sp³-hybridized carbons (Fsp3) is 0.276. The molecule has 3 N–H and O–H groups in total. The Bertz CT molecular complexity index is 3240. The average Bonchev–Trinajstić information content (AvgIpc) is 4.45. The zero-order chi connectivity index (χ0) is 55.0. The van der Waals surface area contributed by atoms with Gasteiger partial charge in [0.15, 0.2) is 0 Å². The van der Waals surface area contributed by atoms with Crippen molar-refractivity contribution in [2.75, 3.05) is 19.6 Å². The molecule has 8 aromatic rings. The van der Waals surface area contributed by atoms with E-state index in [1.165, 1.54) is 21.9 Å². The lowest BCUT2D eigenvalue weighted by Crippen LogP contribution is -2.54. The molecule has 6 aromatic carbocycles. The third-order valence-electron chi connectivity index (χ3n) is 14.3. The molecule has 2 amide bonds. The Balaban J connectivity index is 0.983. The van der Waals surface area contributed by atoms with Crippen molar-refractivity contribution < 1.29 is 44.8 Å². The predicted molar refractivity (Wildman–Crippen MR) is 280 cm³/mol. The van der Waals surface area contributed by atoms with Crippen LogP contribution < -0.4 is 11.1 Å². The molecule has 4 atom stereocenters. The standard InChI is InChI=1S/C58H50Cl2F6N8O4/c1-55(32-35-12-4-2-5-13-35,53-71-69-49(77-53)39-24-41(28-43(26-39)57(61,62)63)51(75)73-22-10-20-47(73)37-16-8-18-45(59)30-37)68-34-56(67,33-36-14-6-3-7-15-36)54-72-70-50(78-54)40-25-42(29-44(27-40)58(64,65)66)52(76)74-23-11-21-48(74)38-17-9-19-46(60)31-38/h2-9,12-19,24-31,47-48,68H,10-11,20-23,32-34,67H2,1H3/t47?,48?,55?,56-/m1/s1. The second-order valence-corrected chi connectivity index (χ2v) is 20.9. The first-order chi connectivity index (χ1) is 37.2. The van der Waals surface area contributed by atoms with Crippen LogP contribution in [-0.2, 0) is 36.3 Å². The number of aromatic nitrogens is 4. The maximum absolute atomic E-state index is 14.7. The summed E-state index contributed by atoms with van der Waals surface area (Å²) in [5.41, 5.74) is 4.41. The van der Waals surface area contributed by atoms with Crippen molar-refractivity contribution in [3.63, 3.8) is 0 Å². The Kier molecular flexibility index (Phi) is 15.1. The van der Waals surface area contributed by atoms with E-state index >= 15 is 0 Å². The number of nitrogens with one attached hydrogen (secondary N) is 1. The van der Waals surface area contributed by atoms with Crippen LogP contribution in [0, 0.1) is 0 Å². The maximum atomic E-state index is 14.7. The van der Waals surface area contributed by atoms with Crippen molar-refractivity contribution in [3.05, 3.63) is 212 Å². The lowest BCUT2D eigenvalue weighted by molar-refractivity contribution is -0.138. The van der Waals surface area contributed by atoms with Gasteiger partial charge in [-0.1, -0.05) is 108 Å². The fourth-order valence-corrected chi connectivity index (χ4v) is 10.8. The smallest absolute Gasteiger partial charge is 0.416 e. The molecule has 0 bridgehead atoms. The lowest BCUT2D eigenvalue weighted by atomic mass is 9.87. The molecule has 0 saturated carbocycles. The molecule has 2 aliphatic heterocycles. The minimum Gasteiger partial charge on any atom is -0.419 e. The van der Waals surface area contributed by atoms with Gasteiger partial charge in [-0.25, -0.2) is 0 Å². The van der Waals surface area contributed by atoms with Crippen molar-refractivity contribution in [2.24, 2.45) is 5.73 Å². The second kappa shape index (κ2) is 21.8. The van der Waals surface area contributed by atoms with Crippen LogP contribution in [0.1, 0.15) is 111 Å². The summed E-state index contributed by atoms with van der Waals surface area (Å²) in [7, 11) is 0. The third-order valence-corrected chi connectivity index (χ3v) is 14.8. The van der Waals surface area contributed by atoms with Gasteiger partial charge in [0.05, 0.1) is 28.7 Å². The van der Waals surface area contributed by atoms with Crippen LogP contribution in [0.5, 0.6) is 0 Å². The van der Waals surface area contributed by atoms with Crippen molar-refractivity contribution in [2.45, 2.75) is 81.0 Å². The van der Waals surface area contributed by atoms with Gasteiger partial charge in [-0.05, 0) is 122 Å². The second-order valence-electron chi connectivity index (χ2n) is 20.0. The van der Waals surface area contributed by atoms with E-state index in [4.69, 9.17) is 37.8 Å². The minimum absolute atomic E-state index is 0.0430. The SMILES string of the molecule is CC(Cc1ccccc1)(NC[C@](N)(Cc1ccccc1)c1nnc(-c2cc(C(=O)N3CCCC3c3cccc(Cl)c3)cc(C(F)(F)F)c2)o1)c1nnc(-c2cc(C(=O)N3CCCC3c3cccc(Cl)c3)cc(C(F)(F)F)c2)o1. The number of benzene rings is 6. The number of carbonyl (C=O) groups excluding carboxylic acids is 2. The summed E-state index contributed by atoms with van der Waals surface area (Å²) in [5, 5.41) is 21.5.